The van der Waals surface area contributed by atoms with E-state index in [1.54, 1.807) is 22.8 Å². The summed E-state index contributed by atoms with van der Waals surface area (Å²) in [5, 5.41) is 11.0. The lowest BCUT2D eigenvalue weighted by molar-refractivity contribution is -0.117. The van der Waals surface area contributed by atoms with Gasteiger partial charge in [0.25, 0.3) is 5.91 Å². The molecule has 29 heavy (non-hydrogen) atoms. The Balaban J connectivity index is 1.57. The van der Waals surface area contributed by atoms with E-state index in [0.717, 1.165) is 17.4 Å². The minimum absolute atomic E-state index is 0.0845. The monoisotopic (exact) mass is 438 g/mol. The van der Waals surface area contributed by atoms with Crippen molar-refractivity contribution in [2.75, 3.05) is 5.75 Å². The highest BCUT2D eigenvalue weighted by Crippen LogP contribution is 2.21. The maximum absolute atomic E-state index is 12.1. The number of alkyl halides is 2. The first-order chi connectivity index (χ1) is 13.9. The van der Waals surface area contributed by atoms with Gasteiger partial charge in [-0.25, -0.2) is 0 Å². The van der Waals surface area contributed by atoms with Crippen LogP contribution in [0, 0.1) is 0 Å². The zero-order valence-corrected chi connectivity index (χ0v) is 16.2. The van der Waals surface area contributed by atoms with E-state index in [-0.39, 0.29) is 17.1 Å². The van der Waals surface area contributed by atoms with Gasteiger partial charge in [0.05, 0.1) is 11.4 Å². The normalized spacial score (nSPS) is 10.8. The van der Waals surface area contributed by atoms with Gasteiger partial charge in [0.1, 0.15) is 12.1 Å². The lowest BCUT2D eigenvalue weighted by atomic mass is 10.2. The summed E-state index contributed by atoms with van der Waals surface area (Å²) in [5.41, 5.74) is 0.861. The zero-order valence-electron chi connectivity index (χ0n) is 14.6. The van der Waals surface area contributed by atoms with E-state index < -0.39 is 18.4 Å². The van der Waals surface area contributed by atoms with Crippen LogP contribution in [0.4, 0.5) is 8.78 Å². The van der Waals surface area contributed by atoms with Gasteiger partial charge in [-0.2, -0.15) is 8.78 Å². The number of rotatable bonds is 7. The maximum Gasteiger partial charge on any atom is 0.387 e. The molecule has 0 saturated carbocycles. The fourth-order valence-electron chi connectivity index (χ4n) is 2.28. The van der Waals surface area contributed by atoms with Crippen LogP contribution in [0.25, 0.3) is 5.69 Å². The number of benzene rings is 2. The quantitative estimate of drug-likeness (QED) is 0.567. The molecule has 0 aliphatic carbocycles. The van der Waals surface area contributed by atoms with Gasteiger partial charge in [-0.1, -0.05) is 29.4 Å². The molecule has 3 aromatic rings. The van der Waals surface area contributed by atoms with Crippen LogP contribution in [-0.4, -0.2) is 38.9 Å². The average molecular weight is 439 g/mol. The van der Waals surface area contributed by atoms with Crippen molar-refractivity contribution in [2.45, 2.75) is 11.8 Å². The molecule has 1 heterocycles. The summed E-state index contributed by atoms with van der Waals surface area (Å²) in [6, 6.07) is 12.0. The number of thioether (sulfide) groups is 1. The molecule has 11 heteroatoms. The second-order valence-corrected chi connectivity index (χ2v) is 6.91. The summed E-state index contributed by atoms with van der Waals surface area (Å²) < 4.78 is 30.2. The van der Waals surface area contributed by atoms with Crippen molar-refractivity contribution in [3.63, 3.8) is 0 Å². The van der Waals surface area contributed by atoms with Crippen LogP contribution >= 0.6 is 23.4 Å². The first kappa shape index (κ1) is 20.7. The zero-order chi connectivity index (χ0) is 20.8. The van der Waals surface area contributed by atoms with E-state index in [1.165, 1.54) is 30.6 Å². The topological polar surface area (TPSA) is 86.1 Å². The number of hydrogen-bond donors (Lipinski definition) is 1. The highest BCUT2D eigenvalue weighted by Gasteiger charge is 2.14. The first-order valence-electron chi connectivity index (χ1n) is 8.10. The fourth-order valence-corrected chi connectivity index (χ4v) is 3.19. The first-order valence-corrected chi connectivity index (χ1v) is 9.46. The van der Waals surface area contributed by atoms with Gasteiger partial charge in [0.2, 0.25) is 5.91 Å². The van der Waals surface area contributed by atoms with Crippen LogP contribution in [0.15, 0.2) is 60.0 Å². The SMILES string of the molecule is O=C(CSc1nncn1-c1cccc(Cl)c1)NC(=O)c1ccc(OC(F)F)cc1. The van der Waals surface area contributed by atoms with E-state index >= 15 is 0 Å². The van der Waals surface area contributed by atoms with Crippen molar-refractivity contribution in [1.82, 2.24) is 20.1 Å². The summed E-state index contributed by atoms with van der Waals surface area (Å²) in [4.78, 5) is 24.2. The third-order valence-corrected chi connectivity index (χ3v) is 4.71. The van der Waals surface area contributed by atoms with Gasteiger partial charge >= 0.3 is 6.61 Å². The van der Waals surface area contributed by atoms with Crippen LogP contribution in [0.3, 0.4) is 0 Å². The highest BCUT2D eigenvalue weighted by molar-refractivity contribution is 7.99. The van der Waals surface area contributed by atoms with Gasteiger partial charge in [-0.15, -0.1) is 10.2 Å². The number of hydrogen-bond acceptors (Lipinski definition) is 6. The molecular weight excluding hydrogens is 426 g/mol. The van der Waals surface area contributed by atoms with Crippen molar-refractivity contribution in [3.8, 4) is 11.4 Å². The number of imide groups is 1. The highest BCUT2D eigenvalue weighted by atomic mass is 35.5. The van der Waals surface area contributed by atoms with Crippen LogP contribution in [-0.2, 0) is 4.79 Å². The van der Waals surface area contributed by atoms with Crippen LogP contribution in [0.5, 0.6) is 5.75 Å². The largest absolute Gasteiger partial charge is 0.435 e. The summed E-state index contributed by atoms with van der Waals surface area (Å²) >= 11 is 7.07. The molecular formula is C18H13ClF2N4O3S. The number of carbonyl (C=O) groups excluding carboxylic acids is 2. The number of ether oxygens (including phenoxy) is 1. The Morgan fingerprint density at radius 1 is 1.21 bits per heavy atom. The van der Waals surface area contributed by atoms with Crippen LogP contribution < -0.4 is 10.1 Å². The number of nitrogens with one attached hydrogen (secondary N) is 1. The molecule has 0 unspecified atom stereocenters. The Morgan fingerprint density at radius 2 is 1.97 bits per heavy atom. The van der Waals surface area contributed by atoms with Gasteiger partial charge in [0, 0.05) is 10.6 Å². The molecule has 1 N–H and O–H groups in total. The van der Waals surface area contributed by atoms with Crippen molar-refractivity contribution >= 4 is 35.2 Å². The number of amides is 2. The smallest absolute Gasteiger partial charge is 0.387 e. The Hall–Kier alpha value is -2.98. The Morgan fingerprint density at radius 3 is 2.66 bits per heavy atom. The third-order valence-electron chi connectivity index (χ3n) is 3.53. The van der Waals surface area contributed by atoms with Crippen molar-refractivity contribution in [3.05, 3.63) is 65.4 Å². The predicted molar refractivity (Wildman–Crippen MR) is 103 cm³/mol. The molecule has 2 aromatic carbocycles. The second kappa shape index (κ2) is 9.48. The van der Waals surface area contributed by atoms with E-state index in [2.05, 4.69) is 20.3 Å². The Bertz CT molecular complexity index is 1010. The van der Waals surface area contributed by atoms with E-state index in [4.69, 9.17) is 11.6 Å². The minimum Gasteiger partial charge on any atom is -0.435 e. The summed E-state index contributed by atoms with van der Waals surface area (Å²) in [5.74, 6) is -1.37. The molecule has 150 valence electrons. The molecule has 0 spiro atoms. The lowest BCUT2D eigenvalue weighted by Gasteiger charge is -2.08. The Labute approximate surface area is 173 Å². The summed E-state index contributed by atoms with van der Waals surface area (Å²) in [6.07, 6.45) is 1.49. The molecule has 0 aliphatic heterocycles. The number of halogens is 3. The average Bonchev–Trinajstić information content (AvgIpc) is 3.15. The van der Waals surface area contributed by atoms with Gasteiger partial charge in [-0.3, -0.25) is 19.5 Å². The molecule has 0 bridgehead atoms. The summed E-state index contributed by atoms with van der Waals surface area (Å²) in [6.45, 7) is -2.96. The molecule has 0 aliphatic rings. The molecule has 0 fully saturated rings. The van der Waals surface area contributed by atoms with Gasteiger partial charge < -0.3 is 4.74 Å². The van der Waals surface area contributed by atoms with Crippen LogP contribution in [0.2, 0.25) is 5.02 Å². The van der Waals surface area contributed by atoms with Crippen molar-refractivity contribution in [1.29, 1.82) is 0 Å². The maximum atomic E-state index is 12.1. The number of carbonyl (C=O) groups is 2. The molecule has 2 amide bonds. The molecule has 1 aromatic heterocycles. The molecule has 0 radical (unpaired) electrons. The Kier molecular flexibility index (Phi) is 6.78. The second-order valence-electron chi connectivity index (χ2n) is 5.53. The minimum atomic E-state index is -2.96. The van der Waals surface area contributed by atoms with Crippen LogP contribution in [0.1, 0.15) is 10.4 Å². The van der Waals surface area contributed by atoms with Crippen molar-refractivity contribution in [2.24, 2.45) is 0 Å². The molecule has 0 atom stereocenters. The van der Waals surface area contributed by atoms with E-state index in [0.29, 0.717) is 10.2 Å². The lowest BCUT2D eigenvalue weighted by Crippen LogP contribution is -2.31. The van der Waals surface area contributed by atoms with Gasteiger partial charge in [0.15, 0.2) is 5.16 Å². The van der Waals surface area contributed by atoms with Crippen molar-refractivity contribution < 1.29 is 23.1 Å². The third kappa shape index (κ3) is 5.75. The summed E-state index contributed by atoms with van der Waals surface area (Å²) in [7, 11) is 0. The number of nitrogens with zero attached hydrogens (tertiary/aromatic N) is 3. The molecule has 7 nitrogen and oxygen atoms in total. The number of aromatic nitrogens is 3. The predicted octanol–water partition coefficient (Wildman–Crippen LogP) is 3.57. The van der Waals surface area contributed by atoms with E-state index in [9.17, 15) is 18.4 Å². The van der Waals surface area contributed by atoms with Gasteiger partial charge in [-0.05, 0) is 42.5 Å². The fraction of sp³-hybridized carbons (Fsp3) is 0.111. The molecule has 3 rings (SSSR count). The standard InChI is InChI=1S/C18H13ClF2N4O3S/c19-12-2-1-3-13(8-12)25-10-22-24-18(25)29-9-15(26)23-16(27)11-4-6-14(7-5-11)28-17(20)21/h1-8,10,17H,9H2,(H,23,26,27). The van der Waals surface area contributed by atoms with E-state index in [1.807, 2.05) is 6.07 Å². The molecule has 0 saturated heterocycles.